The van der Waals surface area contributed by atoms with E-state index in [0.29, 0.717) is 6.54 Å². The summed E-state index contributed by atoms with van der Waals surface area (Å²) >= 11 is 0. The van der Waals surface area contributed by atoms with E-state index in [4.69, 9.17) is 10.5 Å². The Morgan fingerprint density at radius 2 is 2.04 bits per heavy atom. The van der Waals surface area contributed by atoms with Gasteiger partial charge in [0, 0.05) is 6.54 Å². The number of rotatable bonds is 4. The maximum Gasteiger partial charge on any atom is 0.249 e. The number of nitrogens with one attached hydrogen (secondary N) is 1. The van der Waals surface area contributed by atoms with Gasteiger partial charge in [0.05, 0.1) is 12.1 Å². The van der Waals surface area contributed by atoms with Gasteiger partial charge in [-0.3, -0.25) is 4.79 Å². The number of amides is 1. The molecule has 1 saturated heterocycles. The highest BCUT2D eigenvalue weighted by Gasteiger charge is 2.30. The molecule has 128 valence electrons. The Balaban J connectivity index is 0.00000192. The van der Waals surface area contributed by atoms with Crippen LogP contribution >= 0.6 is 12.4 Å². The third-order valence-electron chi connectivity index (χ3n) is 4.89. The maximum absolute atomic E-state index is 12.3. The van der Waals surface area contributed by atoms with Crippen LogP contribution in [0.5, 0.6) is 0 Å². The highest BCUT2D eigenvalue weighted by atomic mass is 35.5. The zero-order valence-electron chi connectivity index (χ0n) is 13.7. The topological polar surface area (TPSA) is 64.4 Å². The highest BCUT2D eigenvalue weighted by Crippen LogP contribution is 2.25. The number of hydrogen-bond acceptors (Lipinski definition) is 3. The summed E-state index contributed by atoms with van der Waals surface area (Å²) in [7, 11) is 0. The van der Waals surface area contributed by atoms with Crippen LogP contribution in [0.4, 0.5) is 0 Å². The van der Waals surface area contributed by atoms with Crippen LogP contribution in [0.1, 0.15) is 55.3 Å². The molecule has 23 heavy (non-hydrogen) atoms. The lowest BCUT2D eigenvalue weighted by atomic mass is 9.89. The Kier molecular flexibility index (Phi) is 6.45. The van der Waals surface area contributed by atoms with E-state index in [1.807, 2.05) is 6.92 Å². The molecule has 1 aromatic carbocycles. The van der Waals surface area contributed by atoms with Crippen LogP contribution in [0.25, 0.3) is 0 Å². The average Bonchev–Trinajstić information content (AvgIpc) is 3.03. The molecule has 2 aliphatic rings. The first-order valence-electron chi connectivity index (χ1n) is 8.45. The Morgan fingerprint density at radius 1 is 1.30 bits per heavy atom. The van der Waals surface area contributed by atoms with Crippen LogP contribution in [0.15, 0.2) is 18.2 Å². The summed E-state index contributed by atoms with van der Waals surface area (Å²) in [6, 6.07) is 6.65. The fourth-order valence-corrected chi connectivity index (χ4v) is 3.48. The number of ether oxygens (including phenoxy) is 1. The summed E-state index contributed by atoms with van der Waals surface area (Å²) in [5, 5.41) is 3.08. The van der Waals surface area contributed by atoms with Crippen LogP contribution in [0.3, 0.4) is 0 Å². The van der Waals surface area contributed by atoms with E-state index < -0.39 is 0 Å². The van der Waals surface area contributed by atoms with Crippen LogP contribution in [0, 0.1) is 0 Å². The second-order valence-corrected chi connectivity index (χ2v) is 6.53. The van der Waals surface area contributed by atoms with Crippen LogP contribution in [0.2, 0.25) is 0 Å². The zero-order valence-corrected chi connectivity index (χ0v) is 14.5. The molecule has 0 saturated carbocycles. The SMILES string of the molecule is CC(NC(=O)[C@@H]1CC[C@H](CN)O1)c1ccc2c(c1)CCCC2.Cl. The molecule has 1 heterocycles. The minimum atomic E-state index is -0.339. The molecule has 1 aromatic rings. The number of benzene rings is 1. The molecular formula is C18H27ClN2O2. The third kappa shape index (κ3) is 4.25. The van der Waals surface area contributed by atoms with E-state index in [9.17, 15) is 4.79 Å². The number of aryl methyl sites for hydroxylation is 2. The summed E-state index contributed by atoms with van der Waals surface area (Å²) in [6.07, 6.45) is 6.25. The lowest BCUT2D eigenvalue weighted by Crippen LogP contribution is -2.37. The van der Waals surface area contributed by atoms with Crippen molar-refractivity contribution in [1.82, 2.24) is 5.32 Å². The summed E-state index contributed by atoms with van der Waals surface area (Å²) in [4.78, 5) is 12.3. The first-order valence-corrected chi connectivity index (χ1v) is 8.45. The van der Waals surface area contributed by atoms with Crippen LogP contribution < -0.4 is 11.1 Å². The zero-order chi connectivity index (χ0) is 15.5. The number of hydrogen-bond donors (Lipinski definition) is 2. The average molecular weight is 339 g/mol. The van der Waals surface area contributed by atoms with Crippen molar-refractivity contribution in [3.8, 4) is 0 Å². The molecule has 0 aromatic heterocycles. The van der Waals surface area contributed by atoms with Gasteiger partial charge in [0.25, 0.3) is 0 Å². The van der Waals surface area contributed by atoms with Gasteiger partial charge in [0.1, 0.15) is 6.10 Å². The second-order valence-electron chi connectivity index (χ2n) is 6.53. The predicted molar refractivity (Wildman–Crippen MR) is 93.8 cm³/mol. The third-order valence-corrected chi connectivity index (χ3v) is 4.89. The minimum absolute atomic E-state index is 0. The lowest BCUT2D eigenvalue weighted by Gasteiger charge is -2.21. The maximum atomic E-state index is 12.3. The fraction of sp³-hybridized carbons (Fsp3) is 0.611. The van der Waals surface area contributed by atoms with Gasteiger partial charge in [-0.15, -0.1) is 12.4 Å². The van der Waals surface area contributed by atoms with E-state index >= 15 is 0 Å². The smallest absolute Gasteiger partial charge is 0.249 e. The first kappa shape index (κ1) is 18.2. The molecule has 1 fully saturated rings. The molecule has 5 heteroatoms. The van der Waals surface area contributed by atoms with E-state index in [0.717, 1.165) is 19.3 Å². The van der Waals surface area contributed by atoms with Gasteiger partial charge in [-0.2, -0.15) is 0 Å². The van der Waals surface area contributed by atoms with Crippen molar-refractivity contribution in [2.24, 2.45) is 5.73 Å². The van der Waals surface area contributed by atoms with Crippen molar-refractivity contribution >= 4 is 18.3 Å². The molecule has 3 atom stereocenters. The van der Waals surface area contributed by atoms with Gasteiger partial charge in [0.2, 0.25) is 5.91 Å². The number of fused-ring (bicyclic) bond motifs is 1. The number of carbonyl (C=O) groups excluding carboxylic acids is 1. The quantitative estimate of drug-likeness (QED) is 0.887. The van der Waals surface area contributed by atoms with Gasteiger partial charge in [0.15, 0.2) is 0 Å². The van der Waals surface area contributed by atoms with Gasteiger partial charge < -0.3 is 15.8 Å². The van der Waals surface area contributed by atoms with Crippen LogP contribution in [-0.2, 0) is 22.4 Å². The minimum Gasteiger partial charge on any atom is -0.364 e. The first-order chi connectivity index (χ1) is 10.7. The van der Waals surface area contributed by atoms with Gasteiger partial charge in [-0.1, -0.05) is 18.2 Å². The van der Waals surface area contributed by atoms with Gasteiger partial charge in [-0.25, -0.2) is 0 Å². The van der Waals surface area contributed by atoms with E-state index in [1.54, 1.807) is 0 Å². The van der Waals surface area contributed by atoms with Crippen LogP contribution in [-0.4, -0.2) is 24.7 Å². The van der Waals surface area contributed by atoms with Crippen molar-refractivity contribution in [3.63, 3.8) is 0 Å². The summed E-state index contributed by atoms with van der Waals surface area (Å²) in [5.74, 6) is -0.0128. The Labute approximate surface area is 144 Å². The molecule has 3 N–H and O–H groups in total. The van der Waals surface area contributed by atoms with Crippen molar-refractivity contribution in [2.45, 2.75) is 63.7 Å². The molecule has 1 aliphatic heterocycles. The molecule has 0 radical (unpaired) electrons. The number of carbonyl (C=O) groups is 1. The Hall–Kier alpha value is -1.10. The lowest BCUT2D eigenvalue weighted by molar-refractivity contribution is -0.132. The van der Waals surface area contributed by atoms with Gasteiger partial charge >= 0.3 is 0 Å². The van der Waals surface area contributed by atoms with Crippen molar-refractivity contribution in [1.29, 1.82) is 0 Å². The standard InChI is InChI=1S/C18H26N2O2.ClH/c1-12(20-18(21)17-9-8-16(11-19)22-17)14-7-6-13-4-2-3-5-15(13)10-14;/h6-7,10,12,16-17H,2-5,8-9,11,19H2,1H3,(H,20,21);1H/t12?,16-,17+;/m1./s1. The fourth-order valence-electron chi connectivity index (χ4n) is 3.48. The van der Waals surface area contributed by atoms with E-state index in [-0.39, 0.29) is 36.6 Å². The molecular weight excluding hydrogens is 312 g/mol. The second kappa shape index (κ2) is 8.13. The van der Waals surface area contributed by atoms with Crippen molar-refractivity contribution < 1.29 is 9.53 Å². The van der Waals surface area contributed by atoms with E-state index in [2.05, 4.69) is 23.5 Å². The van der Waals surface area contributed by atoms with Gasteiger partial charge in [-0.05, 0) is 62.1 Å². The normalized spacial score (nSPS) is 24.4. The van der Waals surface area contributed by atoms with E-state index in [1.165, 1.54) is 36.0 Å². The summed E-state index contributed by atoms with van der Waals surface area (Å²) < 4.78 is 5.66. The Morgan fingerprint density at radius 3 is 2.74 bits per heavy atom. The summed E-state index contributed by atoms with van der Waals surface area (Å²) in [5.41, 5.74) is 9.70. The molecule has 1 amide bonds. The summed E-state index contributed by atoms with van der Waals surface area (Å²) in [6.45, 7) is 2.53. The molecule has 0 spiro atoms. The highest BCUT2D eigenvalue weighted by molar-refractivity contribution is 5.85. The monoisotopic (exact) mass is 338 g/mol. The molecule has 3 rings (SSSR count). The molecule has 1 unspecified atom stereocenters. The number of halogens is 1. The molecule has 0 bridgehead atoms. The number of nitrogens with two attached hydrogens (primary N) is 1. The predicted octanol–water partition coefficient (Wildman–Crippen LogP) is 2.67. The Bertz CT molecular complexity index is 550. The largest absolute Gasteiger partial charge is 0.364 e. The van der Waals surface area contributed by atoms with Crippen molar-refractivity contribution in [3.05, 3.63) is 34.9 Å². The van der Waals surface area contributed by atoms with Crippen molar-refractivity contribution in [2.75, 3.05) is 6.54 Å². The molecule has 4 nitrogen and oxygen atoms in total. The molecule has 1 aliphatic carbocycles.